The zero-order chi connectivity index (χ0) is 27.9. The molecule has 0 spiro atoms. The molecule has 1 heterocycles. The van der Waals surface area contributed by atoms with Crippen LogP contribution in [0.3, 0.4) is 0 Å². The summed E-state index contributed by atoms with van der Waals surface area (Å²) in [5, 5.41) is 0.599. The van der Waals surface area contributed by atoms with Gasteiger partial charge in [-0.15, -0.1) is 0 Å². The van der Waals surface area contributed by atoms with Crippen LogP contribution in [0.2, 0.25) is 5.02 Å². The highest BCUT2D eigenvalue weighted by Crippen LogP contribution is 2.36. The molecule has 1 amide bonds. The van der Waals surface area contributed by atoms with Crippen LogP contribution in [0.4, 0.5) is 13.2 Å². The monoisotopic (exact) mass is 570 g/mol. The lowest BCUT2D eigenvalue weighted by Gasteiger charge is -2.15. The summed E-state index contributed by atoms with van der Waals surface area (Å²) in [7, 11) is -4.49. The Morgan fingerprint density at radius 2 is 1.69 bits per heavy atom. The van der Waals surface area contributed by atoms with Gasteiger partial charge >= 0.3 is 0 Å². The van der Waals surface area contributed by atoms with Gasteiger partial charge in [-0.3, -0.25) is 9.59 Å². The van der Waals surface area contributed by atoms with E-state index in [-0.39, 0.29) is 51.1 Å². The Balaban J connectivity index is 1.76. The van der Waals surface area contributed by atoms with E-state index in [4.69, 9.17) is 11.6 Å². The summed E-state index contributed by atoms with van der Waals surface area (Å²) < 4.78 is 71.4. The standard InChI is InChI=1S/C28H18ClF3N2O4S/c29-17-5-12-24-22(14-17)26(21-3-1-2-4-25(21)35)27(34(24)15-16-13-19(31)8-11-23(16)32)28(36)33-39(37,38)20-9-6-18(30)7-10-20/h1-3,5-14H,4,15H2,(H,33,36). The minimum atomic E-state index is -4.49. The number of fused-ring (bicyclic) bond motifs is 1. The van der Waals surface area contributed by atoms with Crippen LogP contribution in [0.5, 0.6) is 0 Å². The normalized spacial score (nSPS) is 13.5. The van der Waals surface area contributed by atoms with Gasteiger partial charge in [0.15, 0.2) is 5.78 Å². The number of ketones is 1. The summed E-state index contributed by atoms with van der Waals surface area (Å²) in [6, 6.07) is 11.2. The van der Waals surface area contributed by atoms with E-state index in [0.29, 0.717) is 10.9 Å². The molecule has 0 saturated carbocycles. The minimum Gasteiger partial charge on any atom is -0.331 e. The summed E-state index contributed by atoms with van der Waals surface area (Å²) in [5.74, 6) is -3.63. The molecule has 1 N–H and O–H groups in total. The number of hydrogen-bond donors (Lipinski definition) is 1. The molecule has 0 bridgehead atoms. The van der Waals surface area contributed by atoms with E-state index in [2.05, 4.69) is 0 Å². The van der Waals surface area contributed by atoms with Gasteiger partial charge in [0.25, 0.3) is 15.9 Å². The van der Waals surface area contributed by atoms with Crippen molar-refractivity contribution >= 4 is 49.8 Å². The van der Waals surface area contributed by atoms with E-state index < -0.39 is 33.4 Å². The Morgan fingerprint density at radius 3 is 2.41 bits per heavy atom. The largest absolute Gasteiger partial charge is 0.331 e. The number of aromatic nitrogens is 1. The van der Waals surface area contributed by atoms with Crippen molar-refractivity contribution in [3.63, 3.8) is 0 Å². The van der Waals surface area contributed by atoms with Gasteiger partial charge < -0.3 is 4.57 Å². The van der Waals surface area contributed by atoms with Crippen molar-refractivity contribution in [2.75, 3.05) is 0 Å². The van der Waals surface area contributed by atoms with E-state index in [0.717, 1.165) is 42.5 Å². The zero-order valence-electron chi connectivity index (χ0n) is 19.9. The Bertz CT molecular complexity index is 1830. The Morgan fingerprint density at radius 1 is 0.974 bits per heavy atom. The molecule has 39 heavy (non-hydrogen) atoms. The summed E-state index contributed by atoms with van der Waals surface area (Å²) in [6.07, 6.45) is 4.76. The predicted molar refractivity (Wildman–Crippen MR) is 140 cm³/mol. The van der Waals surface area contributed by atoms with E-state index in [1.54, 1.807) is 12.2 Å². The number of carbonyl (C=O) groups is 2. The van der Waals surface area contributed by atoms with Crippen LogP contribution < -0.4 is 4.72 Å². The number of nitrogens with zero attached hydrogens (tertiary/aromatic N) is 1. The van der Waals surface area contributed by atoms with Crippen LogP contribution in [0, 0.1) is 17.5 Å². The number of carbonyl (C=O) groups excluding carboxylic acids is 2. The highest BCUT2D eigenvalue weighted by molar-refractivity contribution is 7.90. The van der Waals surface area contributed by atoms with Crippen molar-refractivity contribution in [2.45, 2.75) is 17.9 Å². The number of allylic oxidation sites excluding steroid dienone is 4. The topological polar surface area (TPSA) is 85.2 Å². The second kappa shape index (κ2) is 10.2. The van der Waals surface area contributed by atoms with Crippen LogP contribution in [-0.4, -0.2) is 24.7 Å². The first kappa shape index (κ1) is 26.5. The molecule has 198 valence electrons. The molecule has 0 unspecified atom stereocenters. The number of hydrogen-bond acceptors (Lipinski definition) is 4. The smallest absolute Gasteiger partial charge is 0.282 e. The maximum atomic E-state index is 14.7. The lowest BCUT2D eigenvalue weighted by atomic mass is 9.93. The van der Waals surface area contributed by atoms with Gasteiger partial charge in [0.1, 0.15) is 23.1 Å². The highest BCUT2D eigenvalue weighted by Gasteiger charge is 2.31. The average molecular weight is 571 g/mol. The van der Waals surface area contributed by atoms with E-state index in [9.17, 15) is 31.2 Å². The van der Waals surface area contributed by atoms with Crippen molar-refractivity contribution in [3.05, 3.63) is 118 Å². The summed E-state index contributed by atoms with van der Waals surface area (Å²) in [5.41, 5.74) is 0.132. The fourth-order valence-electron chi connectivity index (χ4n) is 4.44. The molecule has 1 aromatic heterocycles. The molecule has 1 aliphatic carbocycles. The van der Waals surface area contributed by atoms with E-state index >= 15 is 0 Å². The molecule has 0 fully saturated rings. The molecule has 5 rings (SSSR count). The lowest BCUT2D eigenvalue weighted by molar-refractivity contribution is -0.113. The van der Waals surface area contributed by atoms with Gasteiger partial charge in [0, 0.05) is 39.0 Å². The third kappa shape index (κ3) is 5.13. The van der Waals surface area contributed by atoms with Crippen molar-refractivity contribution in [1.82, 2.24) is 9.29 Å². The SMILES string of the molecule is O=C1CC=CC=C1c1c(C(=O)NS(=O)(=O)c2ccc(F)cc2)n(Cc2cc(F)ccc2F)c2ccc(Cl)cc12. The van der Waals surface area contributed by atoms with Crippen molar-refractivity contribution in [2.24, 2.45) is 0 Å². The van der Waals surface area contributed by atoms with Crippen LogP contribution in [0.15, 0.2) is 83.8 Å². The van der Waals surface area contributed by atoms with Gasteiger partial charge in [0.2, 0.25) is 0 Å². The van der Waals surface area contributed by atoms with Gasteiger partial charge in [-0.2, -0.15) is 0 Å². The quantitative estimate of drug-likeness (QED) is 0.318. The summed E-state index contributed by atoms with van der Waals surface area (Å²) in [6.45, 7) is -0.377. The summed E-state index contributed by atoms with van der Waals surface area (Å²) >= 11 is 6.25. The molecule has 1 aliphatic rings. The lowest BCUT2D eigenvalue weighted by Crippen LogP contribution is -2.33. The number of benzene rings is 3. The molecule has 0 saturated heterocycles. The third-order valence-corrected chi connectivity index (χ3v) is 7.78. The average Bonchev–Trinajstić information content (AvgIpc) is 3.19. The first-order valence-corrected chi connectivity index (χ1v) is 13.4. The maximum Gasteiger partial charge on any atom is 0.282 e. The maximum absolute atomic E-state index is 14.7. The van der Waals surface area contributed by atoms with Gasteiger partial charge in [-0.05, 0) is 60.7 Å². The number of Topliss-reactive ketones (excluding diaryl/α,β-unsaturated/α-hetero) is 1. The molecule has 0 radical (unpaired) electrons. The Labute approximate surface area is 226 Å². The molecular weight excluding hydrogens is 553 g/mol. The van der Waals surface area contributed by atoms with Crippen molar-refractivity contribution in [3.8, 4) is 0 Å². The number of sulfonamides is 1. The Kier molecular flexibility index (Phi) is 6.92. The molecule has 0 aliphatic heterocycles. The molecular formula is C28H18ClF3N2O4S. The second-order valence-corrected chi connectivity index (χ2v) is 10.9. The minimum absolute atomic E-state index is 0.0343. The number of nitrogens with one attached hydrogen (secondary N) is 1. The fourth-order valence-corrected chi connectivity index (χ4v) is 5.57. The molecule has 6 nitrogen and oxygen atoms in total. The molecule has 4 aromatic rings. The van der Waals surface area contributed by atoms with Crippen molar-refractivity contribution in [1.29, 1.82) is 0 Å². The first-order valence-electron chi connectivity index (χ1n) is 11.5. The van der Waals surface area contributed by atoms with Crippen LogP contribution in [-0.2, 0) is 21.4 Å². The Hall–Kier alpha value is -4.15. The predicted octanol–water partition coefficient (Wildman–Crippen LogP) is 5.79. The third-order valence-electron chi connectivity index (χ3n) is 6.20. The first-order chi connectivity index (χ1) is 18.5. The molecule has 11 heteroatoms. The molecule has 0 atom stereocenters. The second-order valence-electron chi connectivity index (χ2n) is 8.73. The zero-order valence-corrected chi connectivity index (χ0v) is 21.5. The fraction of sp³-hybridized carbons (Fsp3) is 0.0714. The van der Waals surface area contributed by atoms with Gasteiger partial charge in [0.05, 0.1) is 11.4 Å². The van der Waals surface area contributed by atoms with Crippen LogP contribution in [0.1, 0.15) is 28.0 Å². The van der Waals surface area contributed by atoms with Crippen LogP contribution in [0.25, 0.3) is 16.5 Å². The summed E-state index contributed by atoms with van der Waals surface area (Å²) in [4.78, 5) is 26.3. The van der Waals surface area contributed by atoms with E-state index in [1.165, 1.54) is 28.8 Å². The number of rotatable bonds is 6. The van der Waals surface area contributed by atoms with Gasteiger partial charge in [-0.25, -0.2) is 26.3 Å². The molecule has 3 aromatic carbocycles. The number of halogens is 4. The van der Waals surface area contributed by atoms with Crippen molar-refractivity contribution < 1.29 is 31.2 Å². The van der Waals surface area contributed by atoms with Crippen LogP contribution >= 0.6 is 11.6 Å². The highest BCUT2D eigenvalue weighted by atomic mass is 35.5. The van der Waals surface area contributed by atoms with E-state index in [1.807, 2.05) is 4.72 Å². The number of amides is 1. The van der Waals surface area contributed by atoms with Gasteiger partial charge in [-0.1, -0.05) is 29.8 Å².